The monoisotopic (exact) mass is 269 g/mol. The first kappa shape index (κ1) is 13.0. The summed E-state index contributed by atoms with van der Waals surface area (Å²) in [6.07, 6.45) is 1.57. The molecule has 1 aromatic heterocycles. The van der Waals surface area contributed by atoms with Gasteiger partial charge in [-0.05, 0) is 24.6 Å². The fourth-order valence-corrected chi connectivity index (χ4v) is 1.78. The van der Waals surface area contributed by atoms with Gasteiger partial charge in [0.25, 0.3) is 0 Å². The van der Waals surface area contributed by atoms with Gasteiger partial charge in [0.1, 0.15) is 5.82 Å². The molecule has 6 heteroatoms. The Morgan fingerprint density at radius 3 is 3.00 bits per heavy atom. The van der Waals surface area contributed by atoms with E-state index in [-0.39, 0.29) is 11.4 Å². The molecule has 1 heterocycles. The van der Waals surface area contributed by atoms with Gasteiger partial charge in [-0.1, -0.05) is 23.7 Å². The third kappa shape index (κ3) is 2.68. The Balaban J connectivity index is 2.29. The zero-order valence-corrected chi connectivity index (χ0v) is 10.6. The molecule has 18 heavy (non-hydrogen) atoms. The van der Waals surface area contributed by atoms with E-state index in [2.05, 4.69) is 10.1 Å². The Kier molecular flexibility index (Phi) is 3.93. The fourth-order valence-electron chi connectivity index (χ4n) is 1.60. The molecule has 2 N–H and O–H groups in total. The summed E-state index contributed by atoms with van der Waals surface area (Å²) in [5.41, 5.74) is 6.17. The fraction of sp³-hybridized carbons (Fsp3) is 0.333. The lowest BCUT2D eigenvalue weighted by atomic mass is 10.1. The van der Waals surface area contributed by atoms with Crippen molar-refractivity contribution in [2.24, 2.45) is 5.73 Å². The molecule has 0 bridgehead atoms. The van der Waals surface area contributed by atoms with Crippen molar-refractivity contribution < 1.29 is 8.91 Å². The van der Waals surface area contributed by atoms with Crippen molar-refractivity contribution in [2.75, 3.05) is 0 Å². The van der Waals surface area contributed by atoms with Crippen LogP contribution >= 0.6 is 11.6 Å². The third-order valence-corrected chi connectivity index (χ3v) is 2.75. The molecule has 0 aliphatic rings. The highest BCUT2D eigenvalue weighted by molar-refractivity contribution is 6.30. The van der Waals surface area contributed by atoms with Crippen LogP contribution < -0.4 is 5.73 Å². The summed E-state index contributed by atoms with van der Waals surface area (Å²) in [5.74, 6) is 0.332. The zero-order valence-electron chi connectivity index (χ0n) is 9.86. The smallest absolute Gasteiger partial charge is 0.226 e. The molecule has 1 atom stereocenters. The second-order valence-corrected chi connectivity index (χ2v) is 4.38. The van der Waals surface area contributed by atoms with Crippen LogP contribution in [0.4, 0.5) is 4.39 Å². The molecule has 0 saturated heterocycles. The lowest BCUT2D eigenvalue weighted by Crippen LogP contribution is -2.15. The molecular formula is C12H13ClFN3O. The highest BCUT2D eigenvalue weighted by Gasteiger charge is 2.19. The minimum absolute atomic E-state index is 0.256. The summed E-state index contributed by atoms with van der Waals surface area (Å²) < 4.78 is 18.7. The normalized spacial score (nSPS) is 12.7. The van der Waals surface area contributed by atoms with Gasteiger partial charge in [-0.3, -0.25) is 0 Å². The molecule has 2 rings (SSSR count). The molecule has 4 nitrogen and oxygen atoms in total. The van der Waals surface area contributed by atoms with Crippen LogP contribution in [0.1, 0.15) is 36.7 Å². The van der Waals surface area contributed by atoms with E-state index in [0.29, 0.717) is 17.3 Å². The number of hydrogen-bond acceptors (Lipinski definition) is 4. The zero-order chi connectivity index (χ0) is 13.1. The van der Waals surface area contributed by atoms with Gasteiger partial charge in [-0.25, -0.2) is 4.39 Å². The first-order valence-corrected chi connectivity index (χ1v) is 6.02. The molecule has 0 amide bonds. The standard InChI is InChI=1S/C12H13ClFN3O/c1-2-3-10-16-12(17-18-10)11(15)8-6-7(13)4-5-9(8)14/h4-6,11H,2-3,15H2,1H3. The Morgan fingerprint density at radius 2 is 2.28 bits per heavy atom. The highest BCUT2D eigenvalue weighted by atomic mass is 35.5. The number of rotatable bonds is 4. The maximum absolute atomic E-state index is 13.6. The predicted molar refractivity (Wildman–Crippen MR) is 65.7 cm³/mol. The van der Waals surface area contributed by atoms with Gasteiger partial charge in [-0.15, -0.1) is 0 Å². The topological polar surface area (TPSA) is 64.9 Å². The Labute approximate surface area is 109 Å². The minimum atomic E-state index is -0.780. The first-order chi connectivity index (χ1) is 8.61. The maximum atomic E-state index is 13.6. The molecule has 0 aliphatic heterocycles. The molecule has 2 aromatic rings. The lowest BCUT2D eigenvalue weighted by Gasteiger charge is -2.08. The predicted octanol–water partition coefficient (Wildman–Crippen LogP) is 2.86. The van der Waals surface area contributed by atoms with Crippen LogP contribution in [0.3, 0.4) is 0 Å². The van der Waals surface area contributed by atoms with Crippen molar-refractivity contribution in [1.82, 2.24) is 10.1 Å². The van der Waals surface area contributed by atoms with Crippen molar-refractivity contribution in [1.29, 1.82) is 0 Å². The molecular weight excluding hydrogens is 257 g/mol. The second kappa shape index (κ2) is 5.46. The summed E-state index contributed by atoms with van der Waals surface area (Å²) in [7, 11) is 0. The number of benzene rings is 1. The largest absolute Gasteiger partial charge is 0.339 e. The summed E-state index contributed by atoms with van der Waals surface area (Å²) >= 11 is 5.82. The van der Waals surface area contributed by atoms with E-state index >= 15 is 0 Å². The molecule has 0 radical (unpaired) electrons. The molecule has 1 aromatic carbocycles. The van der Waals surface area contributed by atoms with Crippen LogP contribution in [0, 0.1) is 5.82 Å². The number of halogens is 2. The molecule has 1 unspecified atom stereocenters. The van der Waals surface area contributed by atoms with E-state index in [1.54, 1.807) is 0 Å². The van der Waals surface area contributed by atoms with Gasteiger partial charge in [-0.2, -0.15) is 4.98 Å². The third-order valence-electron chi connectivity index (χ3n) is 2.52. The number of nitrogens with zero attached hydrogens (tertiary/aromatic N) is 2. The Morgan fingerprint density at radius 1 is 1.50 bits per heavy atom. The quantitative estimate of drug-likeness (QED) is 0.927. The SMILES string of the molecule is CCCc1nc(C(N)c2cc(Cl)ccc2F)no1. The van der Waals surface area contributed by atoms with Gasteiger partial charge >= 0.3 is 0 Å². The van der Waals surface area contributed by atoms with E-state index in [9.17, 15) is 4.39 Å². The number of aromatic nitrogens is 2. The van der Waals surface area contributed by atoms with Crippen LogP contribution in [0.15, 0.2) is 22.7 Å². The van der Waals surface area contributed by atoms with E-state index in [4.69, 9.17) is 21.9 Å². The van der Waals surface area contributed by atoms with Crippen LogP contribution in [0.2, 0.25) is 5.02 Å². The molecule has 0 saturated carbocycles. The first-order valence-electron chi connectivity index (χ1n) is 5.64. The van der Waals surface area contributed by atoms with Gasteiger partial charge in [0.05, 0.1) is 6.04 Å². The summed E-state index contributed by atoms with van der Waals surface area (Å²) in [5, 5.41) is 4.18. The average Bonchev–Trinajstić information content (AvgIpc) is 2.80. The van der Waals surface area contributed by atoms with Crippen molar-refractivity contribution in [2.45, 2.75) is 25.8 Å². The summed E-state index contributed by atoms with van der Waals surface area (Å²) in [4.78, 5) is 4.13. The minimum Gasteiger partial charge on any atom is -0.339 e. The van der Waals surface area contributed by atoms with Crippen LogP contribution in [0.25, 0.3) is 0 Å². The molecule has 0 aliphatic carbocycles. The Bertz CT molecular complexity index is 544. The highest BCUT2D eigenvalue weighted by Crippen LogP contribution is 2.23. The summed E-state index contributed by atoms with van der Waals surface area (Å²) in [6.45, 7) is 2.00. The van der Waals surface area contributed by atoms with Crippen molar-refractivity contribution >= 4 is 11.6 Å². The van der Waals surface area contributed by atoms with Crippen LogP contribution in [-0.4, -0.2) is 10.1 Å². The maximum Gasteiger partial charge on any atom is 0.226 e. The van der Waals surface area contributed by atoms with E-state index in [0.717, 1.165) is 6.42 Å². The van der Waals surface area contributed by atoms with Crippen molar-refractivity contribution in [3.63, 3.8) is 0 Å². The van der Waals surface area contributed by atoms with Gasteiger partial charge in [0.15, 0.2) is 5.82 Å². The van der Waals surface area contributed by atoms with E-state index < -0.39 is 11.9 Å². The average molecular weight is 270 g/mol. The van der Waals surface area contributed by atoms with Gasteiger partial charge in [0, 0.05) is 17.0 Å². The number of aryl methyl sites for hydroxylation is 1. The second-order valence-electron chi connectivity index (χ2n) is 3.94. The summed E-state index contributed by atoms with van der Waals surface area (Å²) in [6, 6.07) is 3.42. The number of hydrogen-bond donors (Lipinski definition) is 1. The van der Waals surface area contributed by atoms with Crippen molar-refractivity contribution in [3.8, 4) is 0 Å². The van der Waals surface area contributed by atoms with Crippen LogP contribution in [0.5, 0.6) is 0 Å². The molecule has 0 spiro atoms. The van der Waals surface area contributed by atoms with Gasteiger partial charge in [0.2, 0.25) is 5.89 Å². The van der Waals surface area contributed by atoms with Crippen LogP contribution in [-0.2, 0) is 6.42 Å². The van der Waals surface area contributed by atoms with E-state index in [1.807, 2.05) is 6.92 Å². The Hall–Kier alpha value is -1.46. The molecule has 96 valence electrons. The van der Waals surface area contributed by atoms with Crippen molar-refractivity contribution in [3.05, 3.63) is 46.3 Å². The van der Waals surface area contributed by atoms with E-state index in [1.165, 1.54) is 18.2 Å². The van der Waals surface area contributed by atoms with Gasteiger partial charge < -0.3 is 10.3 Å². The number of nitrogens with two attached hydrogens (primary N) is 1. The molecule has 0 fully saturated rings. The lowest BCUT2D eigenvalue weighted by molar-refractivity contribution is 0.370.